The van der Waals surface area contributed by atoms with Gasteiger partial charge < -0.3 is 5.73 Å². The molecule has 0 amide bonds. The Morgan fingerprint density at radius 2 is 2.08 bits per heavy atom. The van der Waals surface area contributed by atoms with Crippen molar-refractivity contribution in [1.29, 1.82) is 0 Å². The monoisotopic (exact) mass is 182 g/mol. The van der Waals surface area contributed by atoms with Gasteiger partial charge in [-0.1, -0.05) is 27.7 Å². The Hall–Kier alpha value is -0.530. The van der Waals surface area contributed by atoms with Crippen LogP contribution in [0.3, 0.4) is 0 Å². The minimum atomic E-state index is 0.392. The molecule has 0 heterocycles. The van der Waals surface area contributed by atoms with Gasteiger partial charge >= 0.3 is 0 Å². The van der Waals surface area contributed by atoms with E-state index in [2.05, 4.69) is 32.7 Å². The fourth-order valence-electron chi connectivity index (χ4n) is 1.87. The maximum Gasteiger partial charge on any atom is 0.0966 e. The lowest BCUT2D eigenvalue weighted by molar-refractivity contribution is 0.376. The van der Waals surface area contributed by atoms with Gasteiger partial charge in [-0.25, -0.2) is 0 Å². The molecule has 0 aliphatic heterocycles. The highest BCUT2D eigenvalue weighted by molar-refractivity contribution is 5.82. The first-order valence-electron chi connectivity index (χ1n) is 5.24. The van der Waals surface area contributed by atoms with Gasteiger partial charge in [-0.2, -0.15) is 0 Å². The largest absolute Gasteiger partial charge is 0.387 e. The van der Waals surface area contributed by atoms with Gasteiger partial charge in [0.1, 0.15) is 0 Å². The molecule has 1 rings (SSSR count). The van der Waals surface area contributed by atoms with E-state index in [-0.39, 0.29) is 0 Å². The van der Waals surface area contributed by atoms with Gasteiger partial charge in [0.05, 0.1) is 11.9 Å². The number of aliphatic imine (C=N–C) groups is 1. The Labute approximate surface area is 81.6 Å². The molecule has 76 valence electrons. The van der Waals surface area contributed by atoms with Crippen molar-refractivity contribution in [3.8, 4) is 0 Å². The lowest BCUT2D eigenvalue weighted by Gasteiger charge is -2.15. The standard InChI is InChI=1S/C11H22N2/c1-8(2)10(12)13-9-5-6-11(3,4)7-9/h8-9H,5-7H2,1-4H3,(H2,12,13). The van der Waals surface area contributed by atoms with Crippen LogP contribution in [0.25, 0.3) is 0 Å². The molecule has 2 nitrogen and oxygen atoms in total. The first kappa shape index (κ1) is 10.6. The molecule has 1 aliphatic carbocycles. The van der Waals surface area contributed by atoms with Gasteiger partial charge in [-0.3, -0.25) is 4.99 Å². The SMILES string of the molecule is CC(C)C(N)=NC1CCC(C)(C)C1. The Bertz CT molecular complexity index is 204. The molecule has 0 aromatic heterocycles. The van der Waals surface area contributed by atoms with Gasteiger partial charge in [0.2, 0.25) is 0 Å². The average Bonchev–Trinajstić information content (AvgIpc) is 2.30. The molecule has 1 aliphatic rings. The number of amidine groups is 1. The van der Waals surface area contributed by atoms with Crippen LogP contribution in [0.5, 0.6) is 0 Å². The van der Waals surface area contributed by atoms with Crippen LogP contribution in [0.1, 0.15) is 47.0 Å². The summed E-state index contributed by atoms with van der Waals surface area (Å²) in [4.78, 5) is 4.57. The van der Waals surface area contributed by atoms with E-state index in [0.717, 1.165) is 5.84 Å². The predicted molar refractivity (Wildman–Crippen MR) is 57.9 cm³/mol. The summed E-state index contributed by atoms with van der Waals surface area (Å²) >= 11 is 0. The zero-order chi connectivity index (χ0) is 10.1. The zero-order valence-corrected chi connectivity index (χ0v) is 9.30. The van der Waals surface area contributed by atoms with E-state index in [0.29, 0.717) is 17.4 Å². The second-order valence-electron chi connectivity index (χ2n) is 5.27. The number of hydrogen-bond acceptors (Lipinski definition) is 1. The van der Waals surface area contributed by atoms with Gasteiger partial charge in [0.15, 0.2) is 0 Å². The predicted octanol–water partition coefficient (Wildman–Crippen LogP) is 2.58. The molecule has 1 fully saturated rings. The van der Waals surface area contributed by atoms with Crippen molar-refractivity contribution in [2.45, 2.75) is 53.0 Å². The highest BCUT2D eigenvalue weighted by Gasteiger charge is 2.30. The number of nitrogens with two attached hydrogens (primary N) is 1. The molecule has 1 atom stereocenters. The number of nitrogens with zero attached hydrogens (tertiary/aromatic N) is 1. The Balaban J connectivity index is 2.53. The van der Waals surface area contributed by atoms with Crippen LogP contribution in [-0.4, -0.2) is 11.9 Å². The van der Waals surface area contributed by atoms with Crippen LogP contribution >= 0.6 is 0 Å². The minimum Gasteiger partial charge on any atom is -0.387 e. The molecular formula is C11H22N2. The normalized spacial score (nSPS) is 28.4. The second-order valence-corrected chi connectivity index (χ2v) is 5.27. The lowest BCUT2D eigenvalue weighted by atomic mass is 9.92. The number of rotatable bonds is 2. The zero-order valence-electron chi connectivity index (χ0n) is 9.30. The van der Waals surface area contributed by atoms with E-state index in [9.17, 15) is 0 Å². The molecule has 0 aromatic carbocycles. The van der Waals surface area contributed by atoms with Crippen molar-refractivity contribution in [1.82, 2.24) is 0 Å². The fraction of sp³-hybridized carbons (Fsp3) is 0.909. The second kappa shape index (κ2) is 3.69. The van der Waals surface area contributed by atoms with E-state index in [4.69, 9.17) is 5.73 Å². The third-order valence-corrected chi connectivity index (χ3v) is 2.87. The Morgan fingerprint density at radius 1 is 1.46 bits per heavy atom. The summed E-state index contributed by atoms with van der Waals surface area (Å²) in [6, 6.07) is 0.484. The van der Waals surface area contributed by atoms with Crippen LogP contribution in [0.4, 0.5) is 0 Å². The molecular weight excluding hydrogens is 160 g/mol. The lowest BCUT2D eigenvalue weighted by Crippen LogP contribution is -2.21. The molecule has 1 saturated carbocycles. The van der Waals surface area contributed by atoms with E-state index in [1.165, 1.54) is 19.3 Å². The topological polar surface area (TPSA) is 38.4 Å². The molecule has 0 radical (unpaired) electrons. The summed E-state index contributed by atoms with van der Waals surface area (Å²) in [6.07, 6.45) is 3.69. The van der Waals surface area contributed by atoms with Crippen molar-refractivity contribution >= 4 is 5.84 Å². The molecule has 0 spiro atoms. The van der Waals surface area contributed by atoms with Gasteiger partial charge in [0.25, 0.3) is 0 Å². The molecule has 1 unspecified atom stereocenters. The van der Waals surface area contributed by atoms with Crippen LogP contribution in [-0.2, 0) is 0 Å². The molecule has 0 saturated heterocycles. The van der Waals surface area contributed by atoms with Crippen molar-refractivity contribution < 1.29 is 0 Å². The first-order valence-corrected chi connectivity index (χ1v) is 5.24. The van der Waals surface area contributed by atoms with E-state index in [1.54, 1.807) is 0 Å². The van der Waals surface area contributed by atoms with Crippen LogP contribution in [0, 0.1) is 11.3 Å². The van der Waals surface area contributed by atoms with Gasteiger partial charge in [-0.05, 0) is 24.7 Å². The summed E-state index contributed by atoms with van der Waals surface area (Å²) in [5.41, 5.74) is 6.31. The third kappa shape index (κ3) is 3.02. The summed E-state index contributed by atoms with van der Waals surface area (Å²) in [6.45, 7) is 8.82. The minimum absolute atomic E-state index is 0.392. The van der Waals surface area contributed by atoms with E-state index < -0.39 is 0 Å². The number of hydrogen-bond donors (Lipinski definition) is 1. The molecule has 0 bridgehead atoms. The average molecular weight is 182 g/mol. The maximum atomic E-state index is 5.83. The molecule has 0 aromatic rings. The van der Waals surface area contributed by atoms with Crippen LogP contribution in [0.2, 0.25) is 0 Å². The van der Waals surface area contributed by atoms with Crippen LogP contribution in [0.15, 0.2) is 4.99 Å². The Kier molecular flexibility index (Phi) is 2.99. The molecule has 2 N–H and O–H groups in total. The highest BCUT2D eigenvalue weighted by Crippen LogP contribution is 2.38. The summed E-state index contributed by atoms with van der Waals surface area (Å²) in [5, 5.41) is 0. The van der Waals surface area contributed by atoms with Crippen molar-refractivity contribution in [3.05, 3.63) is 0 Å². The summed E-state index contributed by atoms with van der Waals surface area (Å²) in [5.74, 6) is 1.21. The smallest absolute Gasteiger partial charge is 0.0966 e. The maximum absolute atomic E-state index is 5.83. The van der Waals surface area contributed by atoms with E-state index >= 15 is 0 Å². The molecule has 2 heteroatoms. The third-order valence-electron chi connectivity index (χ3n) is 2.87. The van der Waals surface area contributed by atoms with Crippen LogP contribution < -0.4 is 5.73 Å². The van der Waals surface area contributed by atoms with Crippen molar-refractivity contribution in [2.24, 2.45) is 22.1 Å². The van der Waals surface area contributed by atoms with Crippen molar-refractivity contribution in [3.63, 3.8) is 0 Å². The quantitative estimate of drug-likeness (QED) is 0.517. The molecule has 13 heavy (non-hydrogen) atoms. The summed E-state index contributed by atoms with van der Waals surface area (Å²) < 4.78 is 0. The van der Waals surface area contributed by atoms with Gasteiger partial charge in [0, 0.05) is 5.92 Å². The summed E-state index contributed by atoms with van der Waals surface area (Å²) in [7, 11) is 0. The Morgan fingerprint density at radius 3 is 2.46 bits per heavy atom. The van der Waals surface area contributed by atoms with E-state index in [1.807, 2.05) is 0 Å². The van der Waals surface area contributed by atoms with Crippen molar-refractivity contribution in [2.75, 3.05) is 0 Å². The fourth-order valence-corrected chi connectivity index (χ4v) is 1.87. The van der Waals surface area contributed by atoms with Gasteiger partial charge in [-0.15, -0.1) is 0 Å². The highest BCUT2D eigenvalue weighted by atomic mass is 14.9. The first-order chi connectivity index (χ1) is 5.91.